The Morgan fingerprint density at radius 1 is 0.460 bits per heavy atom. The predicted molar refractivity (Wildman–Crippen MR) is 211 cm³/mol. The highest BCUT2D eigenvalue weighted by Gasteiger charge is 2.15. The van der Waals surface area contributed by atoms with Gasteiger partial charge in [0.1, 0.15) is 0 Å². The van der Waals surface area contributed by atoms with Crippen molar-refractivity contribution in [2.75, 3.05) is 7.05 Å². The molecule has 7 aromatic carbocycles. The van der Waals surface area contributed by atoms with E-state index in [1.54, 1.807) is 7.05 Å². The first-order valence-corrected chi connectivity index (χ1v) is 16.7. The minimum atomic E-state index is 0.596. The molecule has 0 saturated heterocycles. The number of aromatic nitrogens is 1. The van der Waals surface area contributed by atoms with Crippen molar-refractivity contribution < 1.29 is 0 Å². The Morgan fingerprint density at radius 2 is 0.960 bits per heavy atom. The van der Waals surface area contributed by atoms with Gasteiger partial charge >= 0.3 is 0 Å². The quantitative estimate of drug-likeness (QED) is 0.128. The smallest absolute Gasteiger partial charge is 0.161 e. The number of hydrogen-bond acceptors (Lipinski definition) is 1. The molecule has 8 aromatic rings. The zero-order valence-electron chi connectivity index (χ0n) is 27.7. The van der Waals surface area contributed by atoms with Crippen molar-refractivity contribution >= 4 is 39.7 Å². The molecule has 0 atom stereocenters. The molecule has 8 rings (SSSR count). The summed E-state index contributed by atoms with van der Waals surface area (Å²) >= 11 is 0. The summed E-state index contributed by atoms with van der Waals surface area (Å²) in [5, 5.41) is 2.42. The molecule has 0 aliphatic rings. The topological polar surface area (TPSA) is 42.0 Å². The van der Waals surface area contributed by atoms with Crippen LogP contribution in [0.25, 0.3) is 49.7 Å². The second kappa shape index (κ2) is 13.8. The third-order valence-electron chi connectivity index (χ3n) is 8.93. The van der Waals surface area contributed by atoms with Crippen LogP contribution < -0.4 is 0 Å². The van der Waals surface area contributed by atoms with Gasteiger partial charge in [-0.15, -0.1) is 0 Å². The fourth-order valence-electron chi connectivity index (χ4n) is 6.49. The van der Waals surface area contributed by atoms with E-state index >= 15 is 0 Å². The van der Waals surface area contributed by atoms with E-state index in [0.29, 0.717) is 11.7 Å². The van der Waals surface area contributed by atoms with Gasteiger partial charge in [0.15, 0.2) is 11.7 Å². The largest absolute Gasteiger partial charge is 0.309 e. The summed E-state index contributed by atoms with van der Waals surface area (Å²) in [6.45, 7) is 0. The zero-order valence-corrected chi connectivity index (χ0v) is 27.7. The van der Waals surface area contributed by atoms with Gasteiger partial charge in [0.05, 0.1) is 11.0 Å². The van der Waals surface area contributed by atoms with E-state index < -0.39 is 0 Å². The summed E-state index contributed by atoms with van der Waals surface area (Å²) in [6.07, 6.45) is 1.89. The van der Waals surface area contributed by atoms with Gasteiger partial charge in [-0.2, -0.15) is 0 Å². The number of benzene rings is 7. The molecule has 0 fully saturated rings. The van der Waals surface area contributed by atoms with Gasteiger partial charge < -0.3 is 4.57 Å². The van der Waals surface area contributed by atoms with E-state index in [1.807, 2.05) is 66.9 Å². The van der Waals surface area contributed by atoms with Crippen molar-refractivity contribution in [3.63, 3.8) is 0 Å². The Labute approximate surface area is 292 Å². The summed E-state index contributed by atoms with van der Waals surface area (Å²) in [4.78, 5) is 14.4. The molecule has 0 saturated carbocycles. The molecular formula is C46H34N4. The van der Waals surface area contributed by atoms with Gasteiger partial charge in [-0.25, -0.2) is 9.98 Å². The lowest BCUT2D eigenvalue weighted by atomic mass is 10.0. The van der Waals surface area contributed by atoms with Gasteiger partial charge in [-0.1, -0.05) is 146 Å². The van der Waals surface area contributed by atoms with E-state index in [4.69, 9.17) is 9.98 Å². The fraction of sp³-hybridized carbons (Fsp3) is 0.0217. The molecule has 4 heteroatoms. The molecule has 1 heterocycles. The van der Waals surface area contributed by atoms with Crippen LogP contribution in [0.1, 0.15) is 16.7 Å². The van der Waals surface area contributed by atoms with E-state index in [0.717, 1.165) is 33.4 Å². The van der Waals surface area contributed by atoms with Crippen LogP contribution in [0.2, 0.25) is 0 Å². The van der Waals surface area contributed by atoms with Crippen LogP contribution in [0.3, 0.4) is 0 Å². The molecule has 50 heavy (non-hydrogen) atoms. The van der Waals surface area contributed by atoms with Crippen molar-refractivity contribution in [1.82, 2.24) is 4.57 Å². The monoisotopic (exact) mass is 642 g/mol. The highest BCUT2D eigenvalue weighted by atomic mass is 15.0. The van der Waals surface area contributed by atoms with E-state index in [-0.39, 0.29) is 0 Å². The van der Waals surface area contributed by atoms with E-state index in [9.17, 15) is 0 Å². The van der Waals surface area contributed by atoms with Crippen LogP contribution >= 0.6 is 0 Å². The van der Waals surface area contributed by atoms with Crippen LogP contribution in [-0.4, -0.2) is 29.5 Å². The Hall–Kier alpha value is -6.65. The average molecular weight is 643 g/mol. The number of rotatable bonds is 6. The van der Waals surface area contributed by atoms with Gasteiger partial charge in [-0.3, -0.25) is 4.99 Å². The summed E-state index contributed by atoms with van der Waals surface area (Å²) < 4.78 is 2.36. The maximum Gasteiger partial charge on any atom is 0.161 e. The minimum absolute atomic E-state index is 0.596. The molecule has 0 spiro atoms. The first-order chi connectivity index (χ1) is 24.7. The lowest BCUT2D eigenvalue weighted by Crippen LogP contribution is -2.05. The van der Waals surface area contributed by atoms with E-state index in [1.165, 1.54) is 33.0 Å². The van der Waals surface area contributed by atoms with Crippen LogP contribution in [0.4, 0.5) is 0 Å². The zero-order chi connectivity index (χ0) is 33.7. The van der Waals surface area contributed by atoms with Gasteiger partial charge in [-0.05, 0) is 64.2 Å². The summed E-state index contributed by atoms with van der Waals surface area (Å²) in [5.41, 5.74) is 11.0. The van der Waals surface area contributed by atoms with Crippen LogP contribution in [0.5, 0.6) is 0 Å². The average Bonchev–Trinajstić information content (AvgIpc) is 3.52. The second-order valence-electron chi connectivity index (χ2n) is 12.1. The highest BCUT2D eigenvalue weighted by Crippen LogP contribution is 2.37. The van der Waals surface area contributed by atoms with E-state index in [2.05, 4.69) is 131 Å². The van der Waals surface area contributed by atoms with Gasteiger partial charge in [0.2, 0.25) is 0 Å². The van der Waals surface area contributed by atoms with Crippen molar-refractivity contribution in [3.8, 4) is 27.9 Å². The number of fused-ring (bicyclic) bond motifs is 3. The number of nitrogens with zero attached hydrogens (tertiary/aromatic N) is 4. The maximum absolute atomic E-state index is 4.95. The lowest BCUT2D eigenvalue weighted by molar-refractivity contribution is 1.18. The van der Waals surface area contributed by atoms with Crippen molar-refractivity contribution in [1.29, 1.82) is 0 Å². The van der Waals surface area contributed by atoms with Crippen LogP contribution in [0.15, 0.2) is 197 Å². The molecule has 0 unspecified atom stereocenters. The first-order valence-electron chi connectivity index (χ1n) is 16.7. The summed E-state index contributed by atoms with van der Waals surface area (Å²) in [7, 11) is 1.76. The normalized spacial score (nSPS) is 12.3. The van der Waals surface area contributed by atoms with Crippen LogP contribution in [0, 0.1) is 0 Å². The Bertz CT molecular complexity index is 2410. The van der Waals surface area contributed by atoms with Crippen molar-refractivity contribution in [2.24, 2.45) is 15.0 Å². The SMILES string of the molecule is CN=C(N=C(N=Cc1cccc(-n2c3ccc(-c4ccccc4)cc3c3cc(-c4ccccc4)ccc32)c1)c1ccccc1)c1ccccc1. The van der Waals surface area contributed by atoms with Crippen molar-refractivity contribution in [3.05, 3.63) is 199 Å². The molecule has 0 aliphatic carbocycles. The minimum Gasteiger partial charge on any atom is -0.309 e. The number of amidine groups is 2. The third-order valence-corrected chi connectivity index (χ3v) is 8.93. The Kier molecular flexibility index (Phi) is 8.49. The molecule has 1 aromatic heterocycles. The molecule has 4 nitrogen and oxygen atoms in total. The molecule has 0 aliphatic heterocycles. The van der Waals surface area contributed by atoms with Gasteiger partial charge in [0.25, 0.3) is 0 Å². The summed E-state index contributed by atoms with van der Waals surface area (Å²) in [5.74, 6) is 1.23. The fourth-order valence-corrected chi connectivity index (χ4v) is 6.49. The molecule has 0 radical (unpaired) electrons. The molecule has 0 amide bonds. The van der Waals surface area contributed by atoms with Gasteiger partial charge in [0, 0.05) is 40.8 Å². The van der Waals surface area contributed by atoms with Crippen molar-refractivity contribution in [2.45, 2.75) is 0 Å². The Morgan fingerprint density at radius 3 is 1.48 bits per heavy atom. The molecule has 0 bridgehead atoms. The maximum atomic E-state index is 4.95. The molecule has 238 valence electrons. The first kappa shape index (κ1) is 30.7. The highest BCUT2D eigenvalue weighted by molar-refractivity contribution is 6.14. The molecule has 0 N–H and O–H groups in total. The lowest BCUT2D eigenvalue weighted by Gasteiger charge is -2.10. The Balaban J connectivity index is 1.24. The molecular weight excluding hydrogens is 609 g/mol. The van der Waals surface area contributed by atoms with Crippen LogP contribution in [-0.2, 0) is 0 Å². The third kappa shape index (κ3) is 6.18. The number of hydrogen-bond donors (Lipinski definition) is 0. The predicted octanol–water partition coefficient (Wildman–Crippen LogP) is 11.1. The number of aliphatic imine (C=N–C) groups is 3. The summed E-state index contributed by atoms with van der Waals surface area (Å²) in [6, 6.07) is 63.3. The second-order valence-corrected chi connectivity index (χ2v) is 12.1. The standard InChI is InChI=1S/C46H34N4/c1-47-45(36-20-10-4-11-21-36)49-46(37-22-12-5-13-23-37)48-32-33-15-14-24-40(29-33)50-43-27-25-38(34-16-6-2-7-17-34)30-41(43)42-31-39(26-28-44(42)50)35-18-8-3-9-19-35/h2-32H,1H3.